The topological polar surface area (TPSA) is 29.5 Å². The maximum atomic E-state index is 12.4. The van der Waals surface area contributed by atoms with Crippen LogP contribution in [0.2, 0.25) is 5.02 Å². The van der Waals surface area contributed by atoms with Gasteiger partial charge in [0.1, 0.15) is 5.75 Å². The summed E-state index contributed by atoms with van der Waals surface area (Å²) in [7, 11) is 0. The fourth-order valence-corrected chi connectivity index (χ4v) is 3.08. The number of nitrogens with zero attached hydrogens (tertiary/aromatic N) is 1. The Kier molecular flexibility index (Phi) is 4.92. The van der Waals surface area contributed by atoms with Crippen molar-refractivity contribution in [3.63, 3.8) is 0 Å². The van der Waals surface area contributed by atoms with Gasteiger partial charge in [0.15, 0.2) is 6.10 Å². The van der Waals surface area contributed by atoms with Gasteiger partial charge in [-0.3, -0.25) is 4.79 Å². The van der Waals surface area contributed by atoms with Gasteiger partial charge in [-0.1, -0.05) is 31.5 Å². The van der Waals surface area contributed by atoms with Gasteiger partial charge in [-0.15, -0.1) is 0 Å². The lowest BCUT2D eigenvalue weighted by Gasteiger charge is -2.36. The van der Waals surface area contributed by atoms with E-state index in [4.69, 9.17) is 16.3 Å². The highest BCUT2D eigenvalue weighted by atomic mass is 35.5. The lowest BCUT2D eigenvalue weighted by Crippen LogP contribution is -2.47. The number of piperidine rings is 1. The van der Waals surface area contributed by atoms with Crippen molar-refractivity contribution in [1.82, 2.24) is 4.90 Å². The summed E-state index contributed by atoms with van der Waals surface area (Å²) < 4.78 is 5.71. The molecule has 0 aliphatic carbocycles. The molecule has 0 radical (unpaired) electrons. The second-order valence-corrected chi connectivity index (χ2v) is 6.34. The molecule has 4 heteroatoms. The van der Waals surface area contributed by atoms with E-state index < -0.39 is 6.10 Å². The Bertz CT molecular complexity index is 467. The number of rotatable bonds is 3. The monoisotopic (exact) mass is 295 g/mol. The molecule has 0 bridgehead atoms. The van der Waals surface area contributed by atoms with Gasteiger partial charge in [-0.05, 0) is 43.4 Å². The Balaban J connectivity index is 1.98. The van der Waals surface area contributed by atoms with Crippen molar-refractivity contribution in [2.45, 2.75) is 33.3 Å². The Labute approximate surface area is 125 Å². The van der Waals surface area contributed by atoms with Gasteiger partial charge in [0.2, 0.25) is 0 Å². The van der Waals surface area contributed by atoms with Gasteiger partial charge in [0, 0.05) is 18.1 Å². The molecule has 1 aliphatic rings. The molecule has 0 N–H and O–H groups in total. The number of ether oxygens (including phenoxy) is 1. The summed E-state index contributed by atoms with van der Waals surface area (Å²) in [5.74, 6) is 1.81. The maximum Gasteiger partial charge on any atom is 0.263 e. The molecule has 2 rings (SSSR count). The molecule has 1 heterocycles. The standard InChI is InChI=1S/C16H22ClNO2/c1-11-7-12(2)10-18(9-11)16(19)13(3)20-15-6-4-5-14(17)8-15/h4-6,8,11-13H,7,9-10H2,1-3H3. The minimum atomic E-state index is -0.481. The predicted molar refractivity (Wildman–Crippen MR) is 81.1 cm³/mol. The van der Waals surface area contributed by atoms with Crippen LogP contribution in [0.5, 0.6) is 5.75 Å². The number of amides is 1. The van der Waals surface area contributed by atoms with Gasteiger partial charge in [-0.2, -0.15) is 0 Å². The lowest BCUT2D eigenvalue weighted by atomic mass is 9.91. The van der Waals surface area contributed by atoms with Crippen molar-refractivity contribution < 1.29 is 9.53 Å². The first-order valence-electron chi connectivity index (χ1n) is 7.16. The number of carbonyl (C=O) groups excluding carboxylic acids is 1. The van der Waals surface area contributed by atoms with Crippen molar-refractivity contribution in [1.29, 1.82) is 0 Å². The van der Waals surface area contributed by atoms with Crippen LogP contribution in [0.4, 0.5) is 0 Å². The molecule has 110 valence electrons. The highest BCUT2D eigenvalue weighted by molar-refractivity contribution is 6.30. The second-order valence-electron chi connectivity index (χ2n) is 5.91. The van der Waals surface area contributed by atoms with E-state index in [1.54, 1.807) is 19.1 Å². The minimum absolute atomic E-state index is 0.0587. The quantitative estimate of drug-likeness (QED) is 0.852. The molecule has 0 spiro atoms. The summed E-state index contributed by atoms with van der Waals surface area (Å²) in [5.41, 5.74) is 0. The van der Waals surface area contributed by atoms with Gasteiger partial charge in [0.05, 0.1) is 0 Å². The Morgan fingerprint density at radius 1 is 1.35 bits per heavy atom. The molecule has 1 amide bonds. The Hall–Kier alpha value is -1.22. The van der Waals surface area contributed by atoms with E-state index in [-0.39, 0.29) is 5.91 Å². The number of likely N-dealkylation sites (tertiary alicyclic amines) is 1. The summed E-state index contributed by atoms with van der Waals surface area (Å²) in [6, 6.07) is 7.15. The number of benzene rings is 1. The average Bonchev–Trinajstić information content (AvgIpc) is 2.36. The van der Waals surface area contributed by atoms with Crippen LogP contribution in [0.1, 0.15) is 27.2 Å². The van der Waals surface area contributed by atoms with E-state index >= 15 is 0 Å². The fraction of sp³-hybridized carbons (Fsp3) is 0.562. The van der Waals surface area contributed by atoms with Crippen molar-refractivity contribution in [2.24, 2.45) is 11.8 Å². The third-order valence-corrected chi connectivity index (χ3v) is 3.87. The first-order chi connectivity index (χ1) is 9.45. The van der Waals surface area contributed by atoms with Gasteiger partial charge < -0.3 is 9.64 Å². The normalized spacial score (nSPS) is 24.3. The fourth-order valence-electron chi connectivity index (χ4n) is 2.89. The predicted octanol–water partition coefficient (Wildman–Crippen LogP) is 3.61. The molecule has 3 atom stereocenters. The van der Waals surface area contributed by atoms with Crippen LogP contribution in [0.25, 0.3) is 0 Å². The van der Waals surface area contributed by atoms with Crippen molar-refractivity contribution in [3.05, 3.63) is 29.3 Å². The van der Waals surface area contributed by atoms with Crippen LogP contribution in [0.3, 0.4) is 0 Å². The zero-order valence-corrected chi connectivity index (χ0v) is 13.1. The number of hydrogen-bond acceptors (Lipinski definition) is 2. The lowest BCUT2D eigenvalue weighted by molar-refractivity contribution is -0.140. The van der Waals surface area contributed by atoms with E-state index in [2.05, 4.69) is 13.8 Å². The largest absolute Gasteiger partial charge is 0.481 e. The molecule has 1 aromatic carbocycles. The summed E-state index contributed by atoms with van der Waals surface area (Å²) in [6.45, 7) is 7.84. The van der Waals surface area contributed by atoms with E-state index in [1.807, 2.05) is 17.0 Å². The Morgan fingerprint density at radius 3 is 2.60 bits per heavy atom. The third-order valence-electron chi connectivity index (χ3n) is 3.64. The van der Waals surface area contributed by atoms with Gasteiger partial charge >= 0.3 is 0 Å². The molecular weight excluding hydrogens is 274 g/mol. The van der Waals surface area contributed by atoms with Gasteiger partial charge in [0.25, 0.3) is 5.91 Å². The molecule has 1 saturated heterocycles. The molecule has 1 fully saturated rings. The second kappa shape index (κ2) is 6.49. The SMILES string of the molecule is CC1CC(C)CN(C(=O)C(C)Oc2cccc(Cl)c2)C1. The highest BCUT2D eigenvalue weighted by Crippen LogP contribution is 2.23. The van der Waals surface area contributed by atoms with E-state index in [9.17, 15) is 4.79 Å². The molecule has 3 unspecified atom stereocenters. The zero-order chi connectivity index (χ0) is 14.7. The number of halogens is 1. The highest BCUT2D eigenvalue weighted by Gasteiger charge is 2.29. The van der Waals surface area contributed by atoms with Crippen LogP contribution in [-0.4, -0.2) is 30.0 Å². The zero-order valence-electron chi connectivity index (χ0n) is 12.3. The van der Waals surface area contributed by atoms with Crippen molar-refractivity contribution in [3.8, 4) is 5.75 Å². The maximum absolute atomic E-state index is 12.4. The molecule has 20 heavy (non-hydrogen) atoms. The van der Waals surface area contributed by atoms with Crippen molar-refractivity contribution in [2.75, 3.05) is 13.1 Å². The summed E-state index contributed by atoms with van der Waals surface area (Å²) in [6.07, 6.45) is 0.707. The van der Waals surface area contributed by atoms with Crippen LogP contribution in [0.15, 0.2) is 24.3 Å². The summed E-state index contributed by atoms with van der Waals surface area (Å²) in [5, 5.41) is 0.613. The molecular formula is C16H22ClNO2. The van der Waals surface area contributed by atoms with Crippen LogP contribution >= 0.6 is 11.6 Å². The van der Waals surface area contributed by atoms with Crippen molar-refractivity contribution >= 4 is 17.5 Å². The first-order valence-corrected chi connectivity index (χ1v) is 7.54. The van der Waals surface area contributed by atoms with E-state index in [0.29, 0.717) is 22.6 Å². The van der Waals surface area contributed by atoms with E-state index in [0.717, 1.165) is 13.1 Å². The molecule has 1 aromatic rings. The molecule has 1 aliphatic heterocycles. The first kappa shape index (κ1) is 15.2. The van der Waals surface area contributed by atoms with Crippen LogP contribution in [0, 0.1) is 11.8 Å². The Morgan fingerprint density at radius 2 is 2.00 bits per heavy atom. The number of carbonyl (C=O) groups is 1. The summed E-state index contributed by atoms with van der Waals surface area (Å²) in [4.78, 5) is 14.4. The molecule has 3 nitrogen and oxygen atoms in total. The average molecular weight is 296 g/mol. The number of hydrogen-bond donors (Lipinski definition) is 0. The smallest absolute Gasteiger partial charge is 0.263 e. The third kappa shape index (κ3) is 3.89. The van der Waals surface area contributed by atoms with Gasteiger partial charge in [-0.25, -0.2) is 0 Å². The minimum Gasteiger partial charge on any atom is -0.481 e. The van der Waals surface area contributed by atoms with Crippen LogP contribution in [-0.2, 0) is 4.79 Å². The molecule has 0 saturated carbocycles. The van der Waals surface area contributed by atoms with Crippen LogP contribution < -0.4 is 4.74 Å². The molecule has 0 aromatic heterocycles. The van der Waals surface area contributed by atoms with E-state index in [1.165, 1.54) is 6.42 Å². The summed E-state index contributed by atoms with van der Waals surface area (Å²) >= 11 is 5.92.